The van der Waals surface area contributed by atoms with Crippen LogP contribution in [0.2, 0.25) is 0 Å². The van der Waals surface area contributed by atoms with E-state index in [4.69, 9.17) is 4.74 Å². The van der Waals surface area contributed by atoms with E-state index in [1.807, 2.05) is 6.92 Å². The first-order valence-electron chi connectivity index (χ1n) is 7.07. The molecule has 0 aliphatic carbocycles. The minimum Gasteiger partial charge on any atom is -0.469 e. The predicted octanol–water partition coefficient (Wildman–Crippen LogP) is 1.25. The van der Waals surface area contributed by atoms with Gasteiger partial charge >= 0.3 is 5.97 Å². The summed E-state index contributed by atoms with van der Waals surface area (Å²) in [7, 11) is 1.40. The average Bonchev–Trinajstić information content (AvgIpc) is 2.47. The highest BCUT2D eigenvalue weighted by molar-refractivity contribution is 5.70. The molecule has 2 rings (SSSR count). The number of esters is 1. The first-order valence-corrected chi connectivity index (χ1v) is 7.07. The van der Waals surface area contributed by atoms with Crippen LogP contribution in [0.1, 0.15) is 38.4 Å². The third-order valence-corrected chi connectivity index (χ3v) is 3.66. The number of ether oxygens (including phenoxy) is 1. The van der Waals surface area contributed by atoms with Crippen LogP contribution in [-0.4, -0.2) is 35.6 Å². The van der Waals surface area contributed by atoms with Gasteiger partial charge < -0.3 is 14.6 Å². The number of carbonyl (C=O) groups excluding carboxylic acids is 1. The number of nitrogens with one attached hydrogen (secondary N) is 1. The molecule has 0 spiro atoms. The Bertz CT molecular complexity index is 527. The number of carbonyl (C=O) groups is 1. The van der Waals surface area contributed by atoms with Gasteiger partial charge in [-0.25, -0.2) is 4.98 Å². The summed E-state index contributed by atoms with van der Waals surface area (Å²) in [6, 6.07) is 1.57. The molecule has 1 fully saturated rings. The van der Waals surface area contributed by atoms with Crippen LogP contribution in [0.15, 0.2) is 10.9 Å². The molecule has 6 nitrogen and oxygen atoms in total. The van der Waals surface area contributed by atoms with E-state index < -0.39 is 0 Å². The van der Waals surface area contributed by atoms with Gasteiger partial charge in [-0.1, -0.05) is 6.92 Å². The van der Waals surface area contributed by atoms with E-state index >= 15 is 0 Å². The van der Waals surface area contributed by atoms with E-state index in [0.717, 1.165) is 25.8 Å². The van der Waals surface area contributed by atoms with Gasteiger partial charge in [0.25, 0.3) is 5.56 Å². The van der Waals surface area contributed by atoms with Gasteiger partial charge in [0, 0.05) is 25.1 Å². The molecule has 0 radical (unpaired) electrons. The number of aromatic amines is 1. The number of H-pyrrole nitrogens is 1. The highest BCUT2D eigenvalue weighted by Crippen LogP contribution is 2.24. The summed E-state index contributed by atoms with van der Waals surface area (Å²) < 4.78 is 4.75. The molecular formula is C14H21N3O3. The van der Waals surface area contributed by atoms with Crippen molar-refractivity contribution in [2.24, 2.45) is 0 Å². The number of hydrogen-bond donors (Lipinski definition) is 1. The summed E-state index contributed by atoms with van der Waals surface area (Å²) in [4.78, 5) is 32.5. The summed E-state index contributed by atoms with van der Waals surface area (Å²) >= 11 is 0. The van der Waals surface area contributed by atoms with E-state index in [1.54, 1.807) is 0 Å². The van der Waals surface area contributed by atoms with Crippen LogP contribution in [0.25, 0.3) is 0 Å². The SMILES string of the molecule is CCc1nc(N2CCCCC2CC(=O)OC)cc(=O)[nH]1. The number of rotatable bonds is 4. The van der Waals surface area contributed by atoms with Crippen molar-refractivity contribution in [1.82, 2.24) is 9.97 Å². The zero-order valence-electron chi connectivity index (χ0n) is 12.0. The Hall–Kier alpha value is -1.85. The summed E-state index contributed by atoms with van der Waals surface area (Å²) in [5, 5.41) is 0. The second-order valence-electron chi connectivity index (χ2n) is 5.03. The Kier molecular flexibility index (Phi) is 4.76. The van der Waals surface area contributed by atoms with Gasteiger partial charge in [-0.05, 0) is 19.3 Å². The number of piperidine rings is 1. The first kappa shape index (κ1) is 14.6. The lowest BCUT2D eigenvalue weighted by Gasteiger charge is -2.36. The quantitative estimate of drug-likeness (QED) is 0.840. The van der Waals surface area contributed by atoms with Crippen molar-refractivity contribution in [3.05, 3.63) is 22.2 Å². The Morgan fingerprint density at radius 3 is 3.05 bits per heavy atom. The average molecular weight is 279 g/mol. The normalized spacial score (nSPS) is 18.9. The molecule has 1 N–H and O–H groups in total. The molecule has 0 bridgehead atoms. The maximum atomic E-state index is 11.7. The van der Waals surface area contributed by atoms with Crippen LogP contribution >= 0.6 is 0 Å². The molecule has 110 valence electrons. The van der Waals surface area contributed by atoms with E-state index in [9.17, 15) is 9.59 Å². The third kappa shape index (κ3) is 3.37. The molecule has 1 aromatic rings. The summed E-state index contributed by atoms with van der Waals surface area (Å²) in [5.41, 5.74) is -0.144. The third-order valence-electron chi connectivity index (χ3n) is 3.66. The van der Waals surface area contributed by atoms with E-state index in [-0.39, 0.29) is 17.6 Å². The molecule has 1 aliphatic rings. The van der Waals surface area contributed by atoms with Crippen LogP contribution in [0.5, 0.6) is 0 Å². The van der Waals surface area contributed by atoms with Gasteiger partial charge in [-0.3, -0.25) is 9.59 Å². The van der Waals surface area contributed by atoms with Gasteiger partial charge in [0.15, 0.2) is 0 Å². The molecule has 1 unspecified atom stereocenters. The fraction of sp³-hybridized carbons (Fsp3) is 0.643. The number of nitrogens with zero attached hydrogens (tertiary/aromatic N) is 2. The van der Waals surface area contributed by atoms with Crippen molar-refractivity contribution >= 4 is 11.8 Å². The fourth-order valence-corrected chi connectivity index (χ4v) is 2.60. The topological polar surface area (TPSA) is 75.3 Å². The van der Waals surface area contributed by atoms with Crippen LogP contribution in [0, 0.1) is 0 Å². The van der Waals surface area contributed by atoms with E-state index in [1.165, 1.54) is 13.2 Å². The number of methoxy groups -OCH3 is 1. The Balaban J connectivity index is 2.25. The predicted molar refractivity (Wildman–Crippen MR) is 75.9 cm³/mol. The van der Waals surface area contributed by atoms with Crippen molar-refractivity contribution in [1.29, 1.82) is 0 Å². The molecule has 0 aromatic carbocycles. The minimum atomic E-state index is -0.220. The summed E-state index contributed by atoms with van der Waals surface area (Å²) in [6.45, 7) is 2.77. The van der Waals surface area contributed by atoms with Gasteiger partial charge in [0.1, 0.15) is 11.6 Å². The monoisotopic (exact) mass is 279 g/mol. The van der Waals surface area contributed by atoms with Crippen molar-refractivity contribution in [3.63, 3.8) is 0 Å². The molecule has 1 saturated heterocycles. The second kappa shape index (κ2) is 6.54. The van der Waals surface area contributed by atoms with Crippen LogP contribution in [-0.2, 0) is 16.0 Å². The van der Waals surface area contributed by atoms with E-state index in [2.05, 4.69) is 14.9 Å². The molecule has 2 heterocycles. The highest BCUT2D eigenvalue weighted by Gasteiger charge is 2.26. The van der Waals surface area contributed by atoms with Crippen molar-refractivity contribution < 1.29 is 9.53 Å². The van der Waals surface area contributed by atoms with Gasteiger partial charge in [0.05, 0.1) is 13.5 Å². The summed E-state index contributed by atoms with van der Waals surface area (Å²) in [6.07, 6.45) is 4.08. The fourth-order valence-electron chi connectivity index (χ4n) is 2.60. The molecular weight excluding hydrogens is 258 g/mol. The van der Waals surface area contributed by atoms with Crippen LogP contribution in [0.3, 0.4) is 0 Å². The lowest BCUT2D eigenvalue weighted by atomic mass is 9.99. The van der Waals surface area contributed by atoms with Gasteiger partial charge in [0.2, 0.25) is 0 Å². The Morgan fingerprint density at radius 2 is 2.35 bits per heavy atom. The summed E-state index contributed by atoms with van der Waals surface area (Å²) in [5.74, 6) is 1.12. The van der Waals surface area contributed by atoms with Gasteiger partial charge in [-0.2, -0.15) is 0 Å². The zero-order chi connectivity index (χ0) is 14.5. The lowest BCUT2D eigenvalue weighted by molar-refractivity contribution is -0.141. The molecule has 0 amide bonds. The molecule has 1 atom stereocenters. The van der Waals surface area contributed by atoms with Crippen molar-refractivity contribution in [2.45, 2.75) is 45.1 Å². The maximum Gasteiger partial charge on any atom is 0.307 e. The number of aryl methyl sites for hydroxylation is 1. The molecule has 6 heteroatoms. The van der Waals surface area contributed by atoms with Crippen LogP contribution < -0.4 is 10.5 Å². The highest BCUT2D eigenvalue weighted by atomic mass is 16.5. The zero-order valence-corrected chi connectivity index (χ0v) is 12.0. The standard InChI is InChI=1S/C14H21N3O3/c1-3-11-15-12(9-13(18)16-11)17-7-5-4-6-10(17)8-14(19)20-2/h9-10H,3-8H2,1-2H3,(H,15,16,18). The lowest BCUT2D eigenvalue weighted by Crippen LogP contribution is -2.42. The molecule has 1 aliphatic heterocycles. The number of hydrogen-bond acceptors (Lipinski definition) is 5. The van der Waals surface area contributed by atoms with Crippen LogP contribution in [0.4, 0.5) is 5.82 Å². The largest absolute Gasteiger partial charge is 0.469 e. The second-order valence-corrected chi connectivity index (χ2v) is 5.03. The molecule has 20 heavy (non-hydrogen) atoms. The Morgan fingerprint density at radius 1 is 1.55 bits per heavy atom. The number of aromatic nitrogens is 2. The van der Waals surface area contributed by atoms with Crippen molar-refractivity contribution in [3.8, 4) is 0 Å². The first-order chi connectivity index (χ1) is 9.63. The molecule has 0 saturated carbocycles. The number of anilines is 1. The molecule has 1 aromatic heterocycles. The smallest absolute Gasteiger partial charge is 0.307 e. The van der Waals surface area contributed by atoms with Crippen molar-refractivity contribution in [2.75, 3.05) is 18.6 Å². The minimum absolute atomic E-state index is 0.0650. The van der Waals surface area contributed by atoms with Gasteiger partial charge in [-0.15, -0.1) is 0 Å². The van der Waals surface area contributed by atoms with E-state index in [0.29, 0.717) is 24.5 Å². The Labute approximate surface area is 118 Å². The maximum absolute atomic E-state index is 11.7.